The fourth-order valence-corrected chi connectivity index (χ4v) is 3.34. The van der Waals surface area contributed by atoms with Crippen molar-refractivity contribution in [3.05, 3.63) is 59.2 Å². The summed E-state index contributed by atoms with van der Waals surface area (Å²) in [4.78, 5) is 14.1. The van der Waals surface area contributed by atoms with E-state index in [1.807, 2.05) is 37.3 Å². The predicted molar refractivity (Wildman–Crippen MR) is 96.5 cm³/mol. The molecule has 1 atom stereocenters. The van der Waals surface area contributed by atoms with E-state index >= 15 is 0 Å². The highest BCUT2D eigenvalue weighted by molar-refractivity contribution is 5.80. The zero-order valence-electron chi connectivity index (χ0n) is 14.7. The van der Waals surface area contributed by atoms with Crippen molar-refractivity contribution in [1.82, 2.24) is 4.90 Å². The van der Waals surface area contributed by atoms with E-state index in [0.717, 1.165) is 11.3 Å². The lowest BCUT2D eigenvalue weighted by molar-refractivity contribution is -0.124. The Kier molecular flexibility index (Phi) is 5.24. The number of carbonyl (C=O) groups excluding carboxylic acids is 1. The zero-order valence-corrected chi connectivity index (χ0v) is 14.7. The maximum absolute atomic E-state index is 12.0. The summed E-state index contributed by atoms with van der Waals surface area (Å²) in [6.07, 6.45) is 0.652. The number of benzene rings is 2. The van der Waals surface area contributed by atoms with Crippen LogP contribution in [0.3, 0.4) is 0 Å². The van der Waals surface area contributed by atoms with Gasteiger partial charge in [0.1, 0.15) is 0 Å². The number of primary amides is 1. The molecule has 2 aromatic carbocycles. The van der Waals surface area contributed by atoms with E-state index < -0.39 is 0 Å². The first-order chi connectivity index (χ1) is 12.1. The number of amides is 1. The van der Waals surface area contributed by atoms with Gasteiger partial charge in [0.15, 0.2) is 11.5 Å². The minimum absolute atomic E-state index is 0.285. The number of fused-ring (bicyclic) bond motifs is 1. The summed E-state index contributed by atoms with van der Waals surface area (Å²) in [5.41, 5.74) is 9.17. The fourth-order valence-electron chi connectivity index (χ4n) is 3.34. The van der Waals surface area contributed by atoms with Crippen LogP contribution in [-0.4, -0.2) is 30.6 Å². The van der Waals surface area contributed by atoms with E-state index in [9.17, 15) is 4.79 Å². The Morgan fingerprint density at radius 3 is 2.64 bits per heavy atom. The number of nitrogens with two attached hydrogens (primary N) is 1. The zero-order chi connectivity index (χ0) is 17.8. The molecule has 2 N–H and O–H groups in total. The third-order valence-corrected chi connectivity index (χ3v) is 4.59. The van der Waals surface area contributed by atoms with Gasteiger partial charge in [0, 0.05) is 13.1 Å². The van der Waals surface area contributed by atoms with Gasteiger partial charge in [-0.05, 0) is 42.2 Å². The second kappa shape index (κ2) is 7.57. The molecule has 0 aromatic heterocycles. The molecule has 0 radical (unpaired) electrons. The Morgan fingerprint density at radius 1 is 1.20 bits per heavy atom. The topological polar surface area (TPSA) is 64.8 Å². The summed E-state index contributed by atoms with van der Waals surface area (Å²) in [5, 5.41) is 0. The average molecular weight is 340 g/mol. The minimum Gasteiger partial charge on any atom is -0.493 e. The van der Waals surface area contributed by atoms with Crippen LogP contribution in [0.5, 0.6) is 11.5 Å². The van der Waals surface area contributed by atoms with E-state index in [2.05, 4.69) is 17.0 Å². The summed E-state index contributed by atoms with van der Waals surface area (Å²) in [6, 6.07) is 13.8. The molecule has 2 aromatic rings. The lowest BCUT2D eigenvalue weighted by atomic mass is 9.93. The molecule has 5 nitrogen and oxygen atoms in total. The summed E-state index contributed by atoms with van der Waals surface area (Å²) >= 11 is 0. The molecule has 1 aliphatic heterocycles. The van der Waals surface area contributed by atoms with Crippen molar-refractivity contribution < 1.29 is 14.3 Å². The van der Waals surface area contributed by atoms with Crippen LogP contribution in [0, 0.1) is 0 Å². The second-order valence-corrected chi connectivity index (χ2v) is 6.21. The molecular weight excluding hydrogens is 316 g/mol. The Labute approximate surface area is 148 Å². The summed E-state index contributed by atoms with van der Waals surface area (Å²) < 4.78 is 11.0. The molecule has 1 aliphatic rings. The molecule has 0 unspecified atom stereocenters. The predicted octanol–water partition coefficient (Wildman–Crippen LogP) is 2.51. The normalized spacial score (nSPS) is 17.0. The van der Waals surface area contributed by atoms with Gasteiger partial charge in [-0.2, -0.15) is 0 Å². The molecule has 0 saturated carbocycles. The highest BCUT2D eigenvalue weighted by atomic mass is 16.5. The van der Waals surface area contributed by atoms with E-state index in [4.69, 9.17) is 15.2 Å². The molecule has 5 heteroatoms. The van der Waals surface area contributed by atoms with Crippen LogP contribution >= 0.6 is 0 Å². The highest BCUT2D eigenvalue weighted by Gasteiger charge is 2.30. The van der Waals surface area contributed by atoms with Gasteiger partial charge in [-0.3, -0.25) is 9.69 Å². The van der Waals surface area contributed by atoms with Crippen LogP contribution in [0.4, 0.5) is 0 Å². The Bertz CT molecular complexity index is 760. The maximum Gasteiger partial charge on any atom is 0.235 e. The lowest BCUT2D eigenvalue weighted by Crippen LogP contribution is -2.48. The van der Waals surface area contributed by atoms with Crippen molar-refractivity contribution in [2.75, 3.05) is 13.7 Å². The number of hydrogen-bond donors (Lipinski definition) is 1. The summed E-state index contributed by atoms with van der Waals surface area (Å²) in [5.74, 6) is 1.14. The Balaban J connectivity index is 1.84. The van der Waals surface area contributed by atoms with Crippen molar-refractivity contribution in [2.24, 2.45) is 5.73 Å². The maximum atomic E-state index is 12.0. The molecule has 0 aliphatic carbocycles. The van der Waals surface area contributed by atoms with Crippen LogP contribution in [0.2, 0.25) is 0 Å². The Hall–Kier alpha value is -2.53. The van der Waals surface area contributed by atoms with E-state index in [1.54, 1.807) is 7.11 Å². The van der Waals surface area contributed by atoms with Gasteiger partial charge in [-0.15, -0.1) is 0 Å². The van der Waals surface area contributed by atoms with Gasteiger partial charge in [-0.25, -0.2) is 0 Å². The van der Waals surface area contributed by atoms with Crippen LogP contribution in [0.1, 0.15) is 23.6 Å². The average Bonchev–Trinajstić information content (AvgIpc) is 2.62. The van der Waals surface area contributed by atoms with Gasteiger partial charge in [0.2, 0.25) is 5.91 Å². The molecule has 1 heterocycles. The molecule has 25 heavy (non-hydrogen) atoms. The largest absolute Gasteiger partial charge is 0.493 e. The van der Waals surface area contributed by atoms with Gasteiger partial charge >= 0.3 is 0 Å². The number of rotatable bonds is 6. The van der Waals surface area contributed by atoms with Crippen molar-refractivity contribution >= 4 is 5.91 Å². The van der Waals surface area contributed by atoms with Gasteiger partial charge in [0.05, 0.1) is 19.8 Å². The monoisotopic (exact) mass is 340 g/mol. The van der Waals surface area contributed by atoms with E-state index in [1.165, 1.54) is 11.1 Å². The molecule has 3 rings (SSSR count). The third kappa shape index (κ3) is 3.77. The number of methoxy groups -OCH3 is 1. The summed E-state index contributed by atoms with van der Waals surface area (Å²) in [7, 11) is 1.63. The first kappa shape index (κ1) is 17.3. The standard InChI is InChI=1S/C20H24N2O3/c1-3-25-18-9-8-14(10-19(18)24-2)12-22-13-16-7-5-4-6-15(16)11-17(22)20(21)23/h4-10,17H,3,11-13H2,1-2H3,(H2,21,23)/t17-/m1/s1. The number of carbonyl (C=O) groups is 1. The molecule has 0 fully saturated rings. The van der Waals surface area contributed by atoms with Crippen LogP contribution in [0.25, 0.3) is 0 Å². The number of ether oxygens (including phenoxy) is 2. The molecule has 1 amide bonds. The van der Waals surface area contributed by atoms with Gasteiger partial charge < -0.3 is 15.2 Å². The highest BCUT2D eigenvalue weighted by Crippen LogP contribution is 2.30. The second-order valence-electron chi connectivity index (χ2n) is 6.21. The van der Waals surface area contributed by atoms with Crippen LogP contribution in [0.15, 0.2) is 42.5 Å². The lowest BCUT2D eigenvalue weighted by Gasteiger charge is -2.35. The first-order valence-corrected chi connectivity index (χ1v) is 8.52. The van der Waals surface area contributed by atoms with Gasteiger partial charge in [0.25, 0.3) is 0 Å². The third-order valence-electron chi connectivity index (χ3n) is 4.59. The smallest absolute Gasteiger partial charge is 0.235 e. The molecular formula is C20H24N2O3. The van der Waals surface area contributed by atoms with Crippen LogP contribution in [-0.2, 0) is 24.3 Å². The molecule has 0 spiro atoms. The molecule has 0 bridgehead atoms. The molecule has 132 valence electrons. The molecule has 0 saturated heterocycles. The quantitative estimate of drug-likeness (QED) is 0.877. The van der Waals surface area contributed by atoms with Crippen molar-refractivity contribution in [3.63, 3.8) is 0 Å². The fraction of sp³-hybridized carbons (Fsp3) is 0.350. The van der Waals surface area contributed by atoms with E-state index in [0.29, 0.717) is 31.9 Å². The van der Waals surface area contributed by atoms with Crippen molar-refractivity contribution in [1.29, 1.82) is 0 Å². The first-order valence-electron chi connectivity index (χ1n) is 8.52. The van der Waals surface area contributed by atoms with Gasteiger partial charge in [-0.1, -0.05) is 30.3 Å². The minimum atomic E-state index is -0.299. The van der Waals surface area contributed by atoms with Crippen LogP contribution < -0.4 is 15.2 Å². The van der Waals surface area contributed by atoms with Crippen molar-refractivity contribution in [2.45, 2.75) is 32.5 Å². The van der Waals surface area contributed by atoms with E-state index in [-0.39, 0.29) is 11.9 Å². The Morgan fingerprint density at radius 2 is 1.96 bits per heavy atom. The number of nitrogens with zero attached hydrogens (tertiary/aromatic N) is 1. The summed E-state index contributed by atoms with van der Waals surface area (Å²) in [6.45, 7) is 3.86. The SMILES string of the molecule is CCOc1ccc(CN2Cc3ccccc3C[C@@H]2C(N)=O)cc1OC. The number of hydrogen-bond acceptors (Lipinski definition) is 4. The van der Waals surface area contributed by atoms with Crippen molar-refractivity contribution in [3.8, 4) is 11.5 Å².